The van der Waals surface area contributed by atoms with Gasteiger partial charge in [0, 0.05) is 31.7 Å². The normalized spacial score (nSPS) is 20.6. The molecule has 2 aromatic carbocycles. The maximum absolute atomic E-state index is 12.7. The molecule has 0 radical (unpaired) electrons. The predicted octanol–water partition coefficient (Wildman–Crippen LogP) is 4.89. The second-order valence-corrected chi connectivity index (χ2v) is 11.3. The molecule has 1 fully saturated rings. The lowest BCUT2D eigenvalue weighted by Gasteiger charge is -2.38. The average Bonchev–Trinajstić information content (AvgIpc) is 3.24. The van der Waals surface area contributed by atoms with E-state index in [4.69, 9.17) is 4.42 Å². The van der Waals surface area contributed by atoms with Crippen molar-refractivity contribution in [3.63, 3.8) is 0 Å². The van der Waals surface area contributed by atoms with E-state index in [1.807, 2.05) is 25.1 Å². The molecule has 3 heterocycles. The minimum absolute atomic E-state index is 0.119. The van der Waals surface area contributed by atoms with Gasteiger partial charge in [-0.15, -0.1) is 0 Å². The van der Waals surface area contributed by atoms with Crippen LogP contribution in [-0.4, -0.2) is 54.5 Å². The molecule has 9 heteroatoms. The molecular weight excluding hydrogens is 454 g/mol. The van der Waals surface area contributed by atoms with Crippen molar-refractivity contribution in [2.75, 3.05) is 19.6 Å². The van der Waals surface area contributed by atoms with Gasteiger partial charge < -0.3 is 9.32 Å². The minimum atomic E-state index is -3.25. The summed E-state index contributed by atoms with van der Waals surface area (Å²) in [6, 6.07) is 13.0. The second-order valence-electron chi connectivity index (χ2n) is 9.39. The molecule has 0 spiro atoms. The lowest BCUT2D eigenvalue weighted by Crippen LogP contribution is -2.41. The average molecular weight is 486 g/mol. The predicted molar refractivity (Wildman–Crippen MR) is 132 cm³/mol. The first kappa shape index (κ1) is 23.2. The van der Waals surface area contributed by atoms with Gasteiger partial charge in [0.25, 0.3) is 5.91 Å². The summed E-state index contributed by atoms with van der Waals surface area (Å²) in [4.78, 5) is 27.9. The monoisotopic (exact) mass is 485 g/mol. The lowest BCUT2D eigenvalue weighted by molar-refractivity contribution is 0.0854. The van der Waals surface area contributed by atoms with Gasteiger partial charge in [-0.2, -0.15) is 0 Å². The topological polar surface area (TPSA) is 99.2 Å². The first-order chi connectivity index (χ1) is 16.3. The largest absolute Gasteiger partial charge is 0.420 e. The van der Waals surface area contributed by atoms with Crippen molar-refractivity contribution in [1.29, 1.82) is 0 Å². The van der Waals surface area contributed by atoms with E-state index in [9.17, 15) is 18.7 Å². The van der Waals surface area contributed by atoms with Crippen LogP contribution in [0, 0.1) is 6.92 Å². The van der Waals surface area contributed by atoms with Crippen LogP contribution in [0.15, 0.2) is 56.6 Å². The summed E-state index contributed by atoms with van der Waals surface area (Å²) in [5.74, 6) is -0.598. The Labute approximate surface area is 200 Å². The number of oxazole rings is 1. The number of carbonyl (C=O) groups is 1. The van der Waals surface area contributed by atoms with E-state index < -0.39 is 10.8 Å². The number of likely N-dealkylation sites (tertiary alicyclic amines) is 1. The molecule has 1 unspecified atom stereocenters. The fraction of sp³-hybridized carbons (Fsp3) is 0.440. The molecule has 1 saturated heterocycles. The maximum atomic E-state index is 12.7. The number of aromatic nitrogens is 1. The molecule has 2 aliphatic rings. The molecule has 34 heavy (non-hydrogen) atoms. The van der Waals surface area contributed by atoms with E-state index in [1.165, 1.54) is 4.31 Å². The fourth-order valence-corrected chi connectivity index (χ4v) is 6.93. The third-order valence-corrected chi connectivity index (χ3v) is 9.09. The van der Waals surface area contributed by atoms with Gasteiger partial charge in [0.05, 0.1) is 16.0 Å². The molecule has 2 N–H and O–H groups in total. The van der Waals surface area contributed by atoms with Crippen LogP contribution in [0.3, 0.4) is 0 Å². The van der Waals surface area contributed by atoms with Crippen molar-refractivity contribution in [1.82, 2.24) is 13.8 Å². The van der Waals surface area contributed by atoms with Gasteiger partial charge in [0.2, 0.25) is 0 Å². The zero-order valence-electron chi connectivity index (χ0n) is 19.5. The van der Waals surface area contributed by atoms with Crippen molar-refractivity contribution >= 4 is 27.8 Å². The zero-order chi connectivity index (χ0) is 24.0. The Morgan fingerprint density at radius 2 is 1.85 bits per heavy atom. The van der Waals surface area contributed by atoms with E-state index in [1.54, 1.807) is 28.8 Å². The van der Waals surface area contributed by atoms with Gasteiger partial charge >= 0.3 is 5.76 Å². The molecule has 5 rings (SSSR count). The van der Waals surface area contributed by atoms with Crippen LogP contribution in [0.25, 0.3) is 11.1 Å². The van der Waals surface area contributed by atoms with Crippen LogP contribution in [0.5, 0.6) is 0 Å². The van der Waals surface area contributed by atoms with Gasteiger partial charge in [0.1, 0.15) is 0 Å². The van der Waals surface area contributed by atoms with Crippen LogP contribution >= 0.6 is 10.8 Å². The van der Waals surface area contributed by atoms with Crippen LogP contribution in [0.4, 0.5) is 0 Å². The van der Waals surface area contributed by atoms with E-state index >= 15 is 0 Å². The number of hydrogen-bond donors (Lipinski definition) is 2. The number of nitrogens with zero attached hydrogens (tertiary/aromatic N) is 3. The maximum Gasteiger partial charge on any atom is 0.420 e. The zero-order valence-corrected chi connectivity index (χ0v) is 20.3. The summed E-state index contributed by atoms with van der Waals surface area (Å²) in [6.07, 6.45) is 3.26. The van der Waals surface area contributed by atoms with Crippen molar-refractivity contribution < 1.29 is 18.3 Å². The highest BCUT2D eigenvalue weighted by Gasteiger charge is 2.40. The Morgan fingerprint density at radius 1 is 1.12 bits per heavy atom. The summed E-state index contributed by atoms with van der Waals surface area (Å²) in [5, 5.41) is 0. The molecule has 1 atom stereocenters. The molecule has 1 amide bonds. The Hall–Kier alpha value is -2.59. The molecule has 3 aromatic rings. The van der Waals surface area contributed by atoms with Gasteiger partial charge in [-0.05, 0) is 69.4 Å². The molecule has 0 bridgehead atoms. The highest BCUT2D eigenvalue weighted by molar-refractivity contribution is 8.23. The van der Waals surface area contributed by atoms with E-state index in [0.29, 0.717) is 35.0 Å². The van der Waals surface area contributed by atoms with Crippen LogP contribution in [-0.2, 0) is 0 Å². The third-order valence-electron chi connectivity index (χ3n) is 7.19. The summed E-state index contributed by atoms with van der Waals surface area (Å²) in [6.45, 7) is 6.21. The smallest absolute Gasteiger partial charge is 0.408 e. The lowest BCUT2D eigenvalue weighted by atomic mass is 10.0. The number of hydrogen-bond acceptors (Lipinski definition) is 6. The number of rotatable bonds is 6. The quantitative estimate of drug-likeness (QED) is 0.516. The van der Waals surface area contributed by atoms with Gasteiger partial charge in [-0.25, -0.2) is 9.10 Å². The number of carbonyl (C=O) groups excluding carboxylic acids is 1. The van der Waals surface area contributed by atoms with Gasteiger partial charge in [-0.1, -0.05) is 29.0 Å². The highest BCUT2D eigenvalue weighted by atomic mass is 32.3. The number of amides is 1. The van der Waals surface area contributed by atoms with Crippen molar-refractivity contribution in [3.8, 4) is 0 Å². The summed E-state index contributed by atoms with van der Waals surface area (Å²) >= 11 is 0. The number of piperidine rings is 1. The Kier molecular flexibility index (Phi) is 6.05. The van der Waals surface area contributed by atoms with E-state index in [2.05, 4.69) is 11.8 Å². The van der Waals surface area contributed by atoms with E-state index in [0.717, 1.165) is 43.4 Å². The van der Waals surface area contributed by atoms with Crippen molar-refractivity contribution in [2.45, 2.75) is 56.5 Å². The van der Waals surface area contributed by atoms with Crippen LogP contribution in [0.2, 0.25) is 0 Å². The molecule has 182 valence electrons. The second kappa shape index (κ2) is 8.88. The van der Waals surface area contributed by atoms with E-state index in [-0.39, 0.29) is 17.7 Å². The Balaban J connectivity index is 1.16. The molecule has 0 saturated carbocycles. The first-order valence-corrected chi connectivity index (χ1v) is 13.3. The fourth-order valence-electron chi connectivity index (χ4n) is 5.27. The molecule has 2 aliphatic heterocycles. The van der Waals surface area contributed by atoms with Crippen LogP contribution < -0.4 is 5.76 Å². The molecule has 1 aromatic heterocycles. The molecule has 8 nitrogen and oxygen atoms in total. The SMILES string of the molecule is Cc1ccc2c(c1)oc(=O)n2C1CCN(C(C)CCCN2C(=O)c3ccccc3S2(O)O)CC1. The number of fused-ring (bicyclic) bond motifs is 2. The molecular formula is C25H31N3O5S. The van der Waals surface area contributed by atoms with Gasteiger partial charge in [0.15, 0.2) is 5.58 Å². The Morgan fingerprint density at radius 3 is 2.59 bits per heavy atom. The first-order valence-electron chi connectivity index (χ1n) is 11.8. The summed E-state index contributed by atoms with van der Waals surface area (Å²) in [7, 11) is -3.25. The van der Waals surface area contributed by atoms with Crippen LogP contribution in [0.1, 0.15) is 54.6 Å². The standard InChI is InChI=1S/C25H31N3O5S/c1-17-9-10-21-22(16-17)33-25(30)28(21)19-11-14-26(15-12-19)18(2)6-5-13-27-24(29)20-7-3-4-8-23(20)34(27,31)32/h3-4,7-10,16,18-19,31-32H,5-6,11-15H2,1-2H3. The third kappa shape index (κ3) is 3.96. The summed E-state index contributed by atoms with van der Waals surface area (Å²) in [5.41, 5.74) is 2.95. The van der Waals surface area contributed by atoms with Gasteiger partial charge in [-0.3, -0.25) is 18.5 Å². The number of benzene rings is 2. The minimum Gasteiger partial charge on any atom is -0.408 e. The van der Waals surface area contributed by atoms with Crippen molar-refractivity contribution in [3.05, 3.63) is 64.1 Å². The van der Waals surface area contributed by atoms with Crippen molar-refractivity contribution in [2.24, 2.45) is 0 Å². The highest BCUT2D eigenvalue weighted by Crippen LogP contribution is 2.58. The summed E-state index contributed by atoms with van der Waals surface area (Å²) < 4.78 is 29.8. The number of aryl methyl sites for hydroxylation is 1. The Bertz CT molecular complexity index is 1280. The molecule has 0 aliphatic carbocycles.